The Morgan fingerprint density at radius 1 is 1.25 bits per heavy atom. The molecule has 0 amide bonds. The largest absolute Gasteiger partial charge is 0.326 e. The summed E-state index contributed by atoms with van der Waals surface area (Å²) in [5, 5.41) is 1.79. The molecule has 0 spiro atoms. The summed E-state index contributed by atoms with van der Waals surface area (Å²) >= 11 is 1.29. The fourth-order valence-electron chi connectivity index (χ4n) is 1.16. The quantitative estimate of drug-likeness (QED) is 0.813. The van der Waals surface area contributed by atoms with Crippen LogP contribution in [0.25, 0.3) is 0 Å². The first-order chi connectivity index (χ1) is 7.59. The van der Waals surface area contributed by atoms with Gasteiger partial charge in [0.1, 0.15) is 0 Å². The number of thiazole rings is 1. The fraction of sp³-hybridized carbons (Fsp3) is 0.100. The Bertz CT molecular complexity index is 639. The average molecular weight is 254 g/mol. The van der Waals surface area contributed by atoms with Crippen molar-refractivity contribution in [3.63, 3.8) is 0 Å². The van der Waals surface area contributed by atoms with Crippen molar-refractivity contribution in [2.24, 2.45) is 11.4 Å². The molecule has 1 aromatic heterocycles. The van der Waals surface area contributed by atoms with Crippen LogP contribution < -0.4 is 4.80 Å². The van der Waals surface area contributed by atoms with E-state index in [4.69, 9.17) is 0 Å². The van der Waals surface area contributed by atoms with Crippen molar-refractivity contribution >= 4 is 21.4 Å². The molecule has 2 aromatic rings. The van der Waals surface area contributed by atoms with Crippen LogP contribution in [0.1, 0.15) is 0 Å². The zero-order valence-corrected chi connectivity index (χ0v) is 10.2. The van der Waals surface area contributed by atoms with Gasteiger partial charge in [-0.05, 0) is 12.1 Å². The summed E-state index contributed by atoms with van der Waals surface area (Å²) in [5.74, 6) is 0. The van der Waals surface area contributed by atoms with Crippen molar-refractivity contribution in [2.45, 2.75) is 4.90 Å². The van der Waals surface area contributed by atoms with E-state index in [0.717, 1.165) is 0 Å². The molecule has 4 nitrogen and oxygen atoms in total. The minimum atomic E-state index is -3.59. The third kappa shape index (κ3) is 2.23. The second kappa shape index (κ2) is 4.23. The lowest BCUT2D eigenvalue weighted by Gasteiger charge is -1.96. The highest BCUT2D eigenvalue weighted by molar-refractivity contribution is 7.90. The summed E-state index contributed by atoms with van der Waals surface area (Å²) in [6, 6.07) is 8.19. The molecule has 6 heteroatoms. The van der Waals surface area contributed by atoms with Crippen LogP contribution in [-0.2, 0) is 17.1 Å². The summed E-state index contributed by atoms with van der Waals surface area (Å²) in [5.41, 5.74) is 0. The molecule has 0 saturated carbocycles. The molecule has 1 heterocycles. The number of hydrogen-bond donors (Lipinski definition) is 0. The van der Waals surface area contributed by atoms with Crippen LogP contribution >= 0.6 is 11.3 Å². The van der Waals surface area contributed by atoms with E-state index in [1.165, 1.54) is 23.5 Å². The molecule has 0 aliphatic heterocycles. The standard InChI is InChI=1S/C10H10N2O2S2/c1-12-7-8-15-10(12)11-16(13,14)9-5-3-2-4-6-9/h2-8H,1H3. The SMILES string of the molecule is Cn1ccsc1=NS(=O)(=O)c1ccccc1. The van der Waals surface area contributed by atoms with Gasteiger partial charge in [-0.2, -0.15) is 8.42 Å². The highest BCUT2D eigenvalue weighted by atomic mass is 32.2. The highest BCUT2D eigenvalue weighted by Crippen LogP contribution is 2.10. The van der Waals surface area contributed by atoms with Gasteiger partial charge in [0.2, 0.25) is 4.80 Å². The van der Waals surface area contributed by atoms with Crippen molar-refractivity contribution in [1.29, 1.82) is 0 Å². The number of sulfonamides is 1. The smallest absolute Gasteiger partial charge is 0.285 e. The van der Waals surface area contributed by atoms with Gasteiger partial charge in [0.05, 0.1) is 4.90 Å². The van der Waals surface area contributed by atoms with Gasteiger partial charge in [0.15, 0.2) is 0 Å². The third-order valence-electron chi connectivity index (χ3n) is 2.00. The van der Waals surface area contributed by atoms with Gasteiger partial charge < -0.3 is 4.57 Å². The van der Waals surface area contributed by atoms with Crippen LogP contribution in [0.15, 0.2) is 51.2 Å². The molecule has 0 N–H and O–H groups in total. The molecule has 0 aliphatic carbocycles. The lowest BCUT2D eigenvalue weighted by Crippen LogP contribution is -2.12. The van der Waals surface area contributed by atoms with Crippen molar-refractivity contribution in [2.75, 3.05) is 0 Å². The van der Waals surface area contributed by atoms with E-state index in [2.05, 4.69) is 4.40 Å². The maximum absolute atomic E-state index is 11.9. The van der Waals surface area contributed by atoms with Crippen molar-refractivity contribution < 1.29 is 8.42 Å². The Morgan fingerprint density at radius 2 is 1.94 bits per heavy atom. The molecule has 84 valence electrons. The van der Waals surface area contributed by atoms with Crippen LogP contribution in [-0.4, -0.2) is 13.0 Å². The van der Waals surface area contributed by atoms with E-state index < -0.39 is 10.0 Å². The van der Waals surface area contributed by atoms with Gasteiger partial charge in [-0.25, -0.2) is 0 Å². The lowest BCUT2D eigenvalue weighted by atomic mass is 10.4. The van der Waals surface area contributed by atoms with Gasteiger partial charge >= 0.3 is 0 Å². The summed E-state index contributed by atoms with van der Waals surface area (Å²) < 4.78 is 29.2. The minimum absolute atomic E-state index is 0.211. The Balaban J connectivity index is 2.55. The monoisotopic (exact) mass is 254 g/mol. The first-order valence-corrected chi connectivity index (χ1v) is 6.88. The first-order valence-electron chi connectivity index (χ1n) is 4.56. The summed E-state index contributed by atoms with van der Waals surface area (Å²) in [4.78, 5) is 0.673. The zero-order chi connectivity index (χ0) is 11.6. The normalized spacial score (nSPS) is 12.9. The number of benzene rings is 1. The number of rotatable bonds is 2. The van der Waals surface area contributed by atoms with Crippen LogP contribution in [0.2, 0.25) is 0 Å². The van der Waals surface area contributed by atoms with Gasteiger partial charge in [-0.15, -0.1) is 15.7 Å². The molecule has 0 atom stereocenters. The second-order valence-electron chi connectivity index (χ2n) is 3.18. The maximum atomic E-state index is 11.9. The van der Waals surface area contributed by atoms with E-state index in [1.54, 1.807) is 41.4 Å². The summed E-state index contributed by atoms with van der Waals surface area (Å²) in [7, 11) is -1.83. The molecule has 0 saturated heterocycles. The molecular formula is C10H10N2O2S2. The Hall–Kier alpha value is -1.40. The zero-order valence-electron chi connectivity index (χ0n) is 8.57. The van der Waals surface area contributed by atoms with Gasteiger partial charge in [0, 0.05) is 18.6 Å². The van der Waals surface area contributed by atoms with Crippen LogP contribution in [0.4, 0.5) is 0 Å². The lowest BCUT2D eigenvalue weighted by molar-refractivity contribution is 0.596. The van der Waals surface area contributed by atoms with Crippen molar-refractivity contribution in [1.82, 2.24) is 4.57 Å². The minimum Gasteiger partial charge on any atom is -0.326 e. The van der Waals surface area contributed by atoms with E-state index in [0.29, 0.717) is 4.80 Å². The Labute approximate surface area is 97.6 Å². The third-order valence-corrected chi connectivity index (χ3v) is 4.24. The average Bonchev–Trinajstić information content (AvgIpc) is 2.65. The maximum Gasteiger partial charge on any atom is 0.285 e. The summed E-state index contributed by atoms with van der Waals surface area (Å²) in [6.07, 6.45) is 1.77. The highest BCUT2D eigenvalue weighted by Gasteiger charge is 2.11. The molecule has 16 heavy (non-hydrogen) atoms. The van der Waals surface area contributed by atoms with E-state index in [9.17, 15) is 8.42 Å². The summed E-state index contributed by atoms with van der Waals surface area (Å²) in [6.45, 7) is 0. The molecule has 0 aliphatic rings. The van der Waals surface area contributed by atoms with Crippen LogP contribution in [0, 0.1) is 0 Å². The van der Waals surface area contributed by atoms with Crippen LogP contribution in [0.3, 0.4) is 0 Å². The van der Waals surface area contributed by atoms with Crippen molar-refractivity contribution in [3.8, 4) is 0 Å². The number of aromatic nitrogens is 1. The fourth-order valence-corrected chi connectivity index (χ4v) is 3.16. The molecule has 0 fully saturated rings. The van der Waals surface area contributed by atoms with Gasteiger partial charge in [-0.3, -0.25) is 0 Å². The van der Waals surface area contributed by atoms with Gasteiger partial charge in [0.25, 0.3) is 10.0 Å². The van der Waals surface area contributed by atoms with Crippen LogP contribution in [0.5, 0.6) is 0 Å². The Morgan fingerprint density at radius 3 is 2.50 bits per heavy atom. The van der Waals surface area contributed by atoms with E-state index >= 15 is 0 Å². The van der Waals surface area contributed by atoms with Crippen molar-refractivity contribution in [3.05, 3.63) is 46.7 Å². The number of nitrogens with zero attached hydrogens (tertiary/aromatic N) is 2. The van der Waals surface area contributed by atoms with Gasteiger partial charge in [-0.1, -0.05) is 18.2 Å². The first kappa shape index (κ1) is 11.1. The predicted molar refractivity (Wildman–Crippen MR) is 62.5 cm³/mol. The number of aryl methyl sites for hydroxylation is 1. The number of hydrogen-bond acceptors (Lipinski definition) is 3. The second-order valence-corrected chi connectivity index (χ2v) is 5.65. The molecular weight excluding hydrogens is 244 g/mol. The molecule has 1 aromatic carbocycles. The topological polar surface area (TPSA) is 51.4 Å². The Kier molecular flexibility index (Phi) is 2.93. The molecule has 0 unspecified atom stereocenters. The van der Waals surface area contributed by atoms with E-state index in [1.807, 2.05) is 0 Å². The molecule has 0 radical (unpaired) electrons. The molecule has 0 bridgehead atoms. The predicted octanol–water partition coefficient (Wildman–Crippen LogP) is 1.38. The van der Waals surface area contributed by atoms with E-state index in [-0.39, 0.29) is 4.90 Å². The molecule has 2 rings (SSSR count).